The summed E-state index contributed by atoms with van der Waals surface area (Å²) < 4.78 is 29.4. The molecule has 0 heterocycles. The average Bonchev–Trinajstić information content (AvgIpc) is 2.78. The number of hydrogen-bond acceptors (Lipinski definition) is 5. The lowest BCUT2D eigenvalue weighted by Gasteiger charge is -2.11. The summed E-state index contributed by atoms with van der Waals surface area (Å²) in [5.74, 6) is 0.865. The molecule has 0 spiro atoms. The van der Waals surface area contributed by atoms with Gasteiger partial charge in [0.25, 0.3) is 5.91 Å². The molecule has 0 atom stereocenters. The number of nitrogens with zero attached hydrogens (tertiary/aromatic N) is 1. The van der Waals surface area contributed by atoms with E-state index < -0.39 is 0 Å². The summed E-state index contributed by atoms with van der Waals surface area (Å²) in [7, 11) is 3.05. The van der Waals surface area contributed by atoms with Crippen LogP contribution >= 0.6 is 0 Å². The summed E-state index contributed by atoms with van der Waals surface area (Å²) in [5, 5.41) is 4.01. The molecular weight excluding hydrogens is 399 g/mol. The van der Waals surface area contributed by atoms with E-state index in [1.807, 2.05) is 13.0 Å². The van der Waals surface area contributed by atoms with Gasteiger partial charge in [-0.2, -0.15) is 5.10 Å². The van der Waals surface area contributed by atoms with Crippen molar-refractivity contribution in [2.75, 3.05) is 14.2 Å². The molecule has 0 aliphatic heterocycles. The molecule has 3 aromatic carbocycles. The predicted octanol–water partition coefficient (Wildman–Crippen LogP) is 4.49. The summed E-state index contributed by atoms with van der Waals surface area (Å²) in [6, 6.07) is 16.7. The van der Waals surface area contributed by atoms with Crippen LogP contribution < -0.4 is 19.6 Å². The minimum absolute atomic E-state index is 0.276. The van der Waals surface area contributed by atoms with E-state index in [0.717, 1.165) is 11.1 Å². The summed E-state index contributed by atoms with van der Waals surface area (Å²) >= 11 is 0. The first kappa shape index (κ1) is 21.8. The van der Waals surface area contributed by atoms with Gasteiger partial charge in [-0.25, -0.2) is 9.82 Å². The number of hydrogen-bond donors (Lipinski definition) is 1. The molecule has 0 saturated heterocycles. The molecule has 0 bridgehead atoms. The van der Waals surface area contributed by atoms with E-state index in [-0.39, 0.29) is 18.3 Å². The Kier molecular flexibility index (Phi) is 7.22. The lowest BCUT2D eigenvalue weighted by molar-refractivity contribution is 0.0952. The number of ether oxygens (including phenoxy) is 3. The van der Waals surface area contributed by atoms with Crippen molar-refractivity contribution in [2.24, 2.45) is 5.10 Å². The number of hydrazone groups is 1. The Morgan fingerprint density at radius 1 is 0.968 bits per heavy atom. The molecule has 0 fully saturated rings. The molecule has 6 nitrogen and oxygen atoms in total. The quantitative estimate of drug-likeness (QED) is 0.429. The number of aryl methyl sites for hydroxylation is 1. The smallest absolute Gasteiger partial charge is 0.275 e. The van der Waals surface area contributed by atoms with E-state index in [2.05, 4.69) is 10.5 Å². The summed E-state index contributed by atoms with van der Waals surface area (Å²) in [5.41, 5.74) is 5.43. The Bertz CT molecular complexity index is 1080. The zero-order valence-electron chi connectivity index (χ0n) is 17.5. The molecule has 1 amide bonds. The third kappa shape index (κ3) is 5.82. The van der Waals surface area contributed by atoms with Crippen LogP contribution in [0.15, 0.2) is 65.8 Å². The predicted molar refractivity (Wildman–Crippen MR) is 117 cm³/mol. The van der Waals surface area contributed by atoms with Gasteiger partial charge >= 0.3 is 0 Å². The van der Waals surface area contributed by atoms with Crippen molar-refractivity contribution in [1.29, 1.82) is 0 Å². The van der Waals surface area contributed by atoms with Crippen LogP contribution in [-0.2, 0) is 6.61 Å². The third-order valence-electron chi connectivity index (χ3n) is 4.48. The summed E-state index contributed by atoms with van der Waals surface area (Å²) in [4.78, 5) is 12.4. The molecular formula is C24H23FN2O4. The SMILES string of the molecule is COc1cc(/C=N\NC(=O)c2ccc(C)cc2OC)ccc1OCc1ccc(F)cc1. The van der Waals surface area contributed by atoms with E-state index in [0.29, 0.717) is 28.4 Å². The number of rotatable bonds is 8. The second-order valence-electron chi connectivity index (χ2n) is 6.73. The zero-order chi connectivity index (χ0) is 22.2. The van der Waals surface area contributed by atoms with Crippen LogP contribution in [-0.4, -0.2) is 26.3 Å². The van der Waals surface area contributed by atoms with Crippen molar-refractivity contribution in [1.82, 2.24) is 5.43 Å². The minimum Gasteiger partial charge on any atom is -0.496 e. The molecule has 0 unspecified atom stereocenters. The standard InChI is InChI=1S/C24H23FN2O4/c1-16-4-10-20(22(12-16)29-2)24(28)27-26-14-18-7-11-21(23(13-18)30-3)31-15-17-5-8-19(25)9-6-17/h4-14H,15H2,1-3H3,(H,27,28)/b26-14-. The Hall–Kier alpha value is -3.87. The lowest BCUT2D eigenvalue weighted by atomic mass is 10.1. The Balaban J connectivity index is 1.64. The highest BCUT2D eigenvalue weighted by molar-refractivity contribution is 5.97. The van der Waals surface area contributed by atoms with Gasteiger partial charge in [0.15, 0.2) is 11.5 Å². The maximum Gasteiger partial charge on any atom is 0.275 e. The van der Waals surface area contributed by atoms with Gasteiger partial charge in [0.2, 0.25) is 0 Å². The van der Waals surface area contributed by atoms with Crippen LogP contribution in [0.3, 0.4) is 0 Å². The van der Waals surface area contributed by atoms with Crippen LogP contribution in [0.2, 0.25) is 0 Å². The number of amides is 1. The fraction of sp³-hybridized carbons (Fsp3) is 0.167. The van der Waals surface area contributed by atoms with E-state index >= 15 is 0 Å². The fourth-order valence-corrected chi connectivity index (χ4v) is 2.84. The van der Waals surface area contributed by atoms with Crippen molar-refractivity contribution >= 4 is 12.1 Å². The van der Waals surface area contributed by atoms with Crippen molar-refractivity contribution in [3.05, 3.63) is 88.7 Å². The monoisotopic (exact) mass is 422 g/mol. The van der Waals surface area contributed by atoms with Crippen LogP contribution in [0.25, 0.3) is 0 Å². The maximum absolute atomic E-state index is 13.0. The van der Waals surface area contributed by atoms with Crippen molar-refractivity contribution in [3.63, 3.8) is 0 Å². The van der Waals surface area contributed by atoms with E-state index in [9.17, 15) is 9.18 Å². The van der Waals surface area contributed by atoms with Gasteiger partial charge in [0.1, 0.15) is 18.2 Å². The first-order valence-corrected chi connectivity index (χ1v) is 9.53. The van der Waals surface area contributed by atoms with E-state index in [4.69, 9.17) is 14.2 Å². The zero-order valence-corrected chi connectivity index (χ0v) is 17.5. The van der Waals surface area contributed by atoms with Gasteiger partial charge < -0.3 is 14.2 Å². The van der Waals surface area contributed by atoms with Crippen LogP contribution in [0.5, 0.6) is 17.2 Å². The highest BCUT2D eigenvalue weighted by atomic mass is 19.1. The lowest BCUT2D eigenvalue weighted by Crippen LogP contribution is -2.18. The topological polar surface area (TPSA) is 69.2 Å². The van der Waals surface area contributed by atoms with Gasteiger partial charge in [-0.3, -0.25) is 4.79 Å². The molecule has 31 heavy (non-hydrogen) atoms. The molecule has 0 aromatic heterocycles. The van der Waals surface area contributed by atoms with Crippen LogP contribution in [0.4, 0.5) is 4.39 Å². The van der Waals surface area contributed by atoms with Gasteiger partial charge in [0.05, 0.1) is 26.0 Å². The number of carbonyl (C=O) groups is 1. The molecule has 3 rings (SSSR count). The second-order valence-corrected chi connectivity index (χ2v) is 6.73. The Labute approximate surface area is 180 Å². The molecule has 0 aliphatic rings. The molecule has 7 heteroatoms. The van der Waals surface area contributed by atoms with Gasteiger partial charge in [-0.05, 0) is 66.1 Å². The summed E-state index contributed by atoms with van der Waals surface area (Å²) in [6.07, 6.45) is 1.50. The third-order valence-corrected chi connectivity index (χ3v) is 4.48. The highest BCUT2D eigenvalue weighted by Gasteiger charge is 2.11. The van der Waals surface area contributed by atoms with Gasteiger partial charge in [-0.1, -0.05) is 18.2 Å². The van der Waals surface area contributed by atoms with Gasteiger partial charge in [0, 0.05) is 0 Å². The Morgan fingerprint density at radius 3 is 2.42 bits per heavy atom. The van der Waals surface area contributed by atoms with Crippen LogP contribution in [0, 0.1) is 12.7 Å². The number of carbonyl (C=O) groups excluding carboxylic acids is 1. The first-order chi connectivity index (χ1) is 15.0. The second kappa shape index (κ2) is 10.2. The normalized spacial score (nSPS) is 10.7. The minimum atomic E-state index is -0.376. The highest BCUT2D eigenvalue weighted by Crippen LogP contribution is 2.28. The number of halogens is 1. The van der Waals surface area contributed by atoms with Crippen molar-refractivity contribution in [3.8, 4) is 17.2 Å². The number of methoxy groups -OCH3 is 2. The molecule has 1 N–H and O–H groups in total. The number of benzene rings is 3. The van der Waals surface area contributed by atoms with Crippen LogP contribution in [0.1, 0.15) is 27.0 Å². The van der Waals surface area contributed by atoms with Crippen molar-refractivity contribution in [2.45, 2.75) is 13.5 Å². The largest absolute Gasteiger partial charge is 0.496 e. The van der Waals surface area contributed by atoms with Crippen molar-refractivity contribution < 1.29 is 23.4 Å². The molecule has 0 saturated carbocycles. The van der Waals surface area contributed by atoms with E-state index in [1.54, 1.807) is 42.5 Å². The molecule has 0 radical (unpaired) electrons. The first-order valence-electron chi connectivity index (χ1n) is 9.53. The molecule has 3 aromatic rings. The van der Waals surface area contributed by atoms with E-state index in [1.165, 1.54) is 32.6 Å². The average molecular weight is 422 g/mol. The maximum atomic E-state index is 13.0. The number of nitrogens with one attached hydrogen (secondary N) is 1. The molecule has 0 aliphatic carbocycles. The fourth-order valence-electron chi connectivity index (χ4n) is 2.84. The van der Waals surface area contributed by atoms with Gasteiger partial charge in [-0.15, -0.1) is 0 Å². The molecule has 160 valence electrons. The Morgan fingerprint density at radius 2 is 1.71 bits per heavy atom. The summed E-state index contributed by atoms with van der Waals surface area (Å²) in [6.45, 7) is 2.20.